The Labute approximate surface area is 215 Å². The van der Waals surface area contributed by atoms with Gasteiger partial charge in [-0.2, -0.15) is 4.98 Å². The highest BCUT2D eigenvalue weighted by molar-refractivity contribution is 7.46. The molecule has 2 unspecified atom stereocenters. The normalized spacial score (nSPS) is 25.0. The molecule has 2 saturated carbocycles. The van der Waals surface area contributed by atoms with Crippen LogP contribution in [0.25, 0.3) is 0 Å². The Bertz CT molecular complexity index is 1190. The number of hydrogen-bond donors (Lipinski definition) is 5. The summed E-state index contributed by atoms with van der Waals surface area (Å²) in [4.78, 5) is 42.8. The lowest BCUT2D eigenvalue weighted by atomic mass is 9.93. The van der Waals surface area contributed by atoms with Gasteiger partial charge in [0.1, 0.15) is 11.4 Å². The Kier molecular flexibility index (Phi) is 7.51. The quantitative estimate of drug-likeness (QED) is 0.305. The Hall–Kier alpha value is -2.56. The van der Waals surface area contributed by atoms with E-state index in [1.807, 2.05) is 25.1 Å². The van der Waals surface area contributed by atoms with E-state index in [0.29, 0.717) is 49.6 Å². The van der Waals surface area contributed by atoms with E-state index < -0.39 is 13.9 Å². The van der Waals surface area contributed by atoms with E-state index >= 15 is 0 Å². The minimum atomic E-state index is -4.52. The molecule has 5 N–H and O–H groups in total. The summed E-state index contributed by atoms with van der Waals surface area (Å²) in [7, 11) is -4.52. The summed E-state index contributed by atoms with van der Waals surface area (Å²) in [6, 6.07) is 5.72. The molecule has 5 rings (SSSR count). The molecule has 0 bridgehead atoms. The number of nitrogens with zero attached hydrogens (tertiary/aromatic N) is 3. The molecule has 1 aromatic carbocycles. The van der Waals surface area contributed by atoms with Crippen molar-refractivity contribution in [3.05, 3.63) is 46.6 Å². The molecule has 37 heavy (non-hydrogen) atoms. The maximum Gasteiger partial charge on any atom is 0.469 e. The van der Waals surface area contributed by atoms with E-state index in [1.54, 1.807) is 6.20 Å². The molecule has 11 nitrogen and oxygen atoms in total. The number of nitrogens with one attached hydrogen (secondary N) is 2. The first kappa shape index (κ1) is 26.1. The fourth-order valence-corrected chi connectivity index (χ4v) is 5.99. The number of carbonyl (C=O) groups excluding carboxylic acids is 1. The van der Waals surface area contributed by atoms with E-state index in [2.05, 4.69) is 20.5 Å². The minimum Gasteiger partial charge on any atom is -0.392 e. The number of rotatable bonds is 9. The number of carbonyl (C=O) groups is 1. The molecular formula is C25H34N5O6P. The maximum absolute atomic E-state index is 13.3. The highest BCUT2D eigenvalue weighted by Gasteiger charge is 2.46. The second-order valence-corrected chi connectivity index (χ2v) is 11.6. The van der Waals surface area contributed by atoms with Crippen molar-refractivity contribution in [1.82, 2.24) is 15.3 Å². The molecule has 3 aliphatic rings. The number of fused-ring (bicyclic) bond motifs is 1. The number of amides is 1. The van der Waals surface area contributed by atoms with Crippen LogP contribution in [0.3, 0.4) is 0 Å². The number of aryl methyl sites for hydroxylation is 1. The second kappa shape index (κ2) is 10.7. The van der Waals surface area contributed by atoms with Crippen LogP contribution in [-0.2, 0) is 22.2 Å². The summed E-state index contributed by atoms with van der Waals surface area (Å²) >= 11 is 0. The van der Waals surface area contributed by atoms with Crippen molar-refractivity contribution in [3.8, 4) is 0 Å². The third-order valence-corrected chi connectivity index (χ3v) is 8.19. The monoisotopic (exact) mass is 531 g/mol. The summed E-state index contributed by atoms with van der Waals surface area (Å²) in [5, 5.41) is 15.8. The van der Waals surface area contributed by atoms with Gasteiger partial charge in [0, 0.05) is 31.9 Å². The largest absolute Gasteiger partial charge is 0.469 e. The zero-order valence-electron chi connectivity index (χ0n) is 20.8. The van der Waals surface area contributed by atoms with E-state index in [0.717, 1.165) is 41.6 Å². The van der Waals surface area contributed by atoms with Crippen molar-refractivity contribution in [1.29, 1.82) is 0 Å². The lowest BCUT2D eigenvalue weighted by Gasteiger charge is -2.29. The molecule has 2 heterocycles. The summed E-state index contributed by atoms with van der Waals surface area (Å²) < 4.78 is 15.9. The highest BCUT2D eigenvalue weighted by atomic mass is 31.2. The third kappa shape index (κ3) is 6.48. The summed E-state index contributed by atoms with van der Waals surface area (Å²) in [5.41, 5.74) is 3.23. The Morgan fingerprint density at radius 3 is 2.57 bits per heavy atom. The van der Waals surface area contributed by atoms with Gasteiger partial charge in [-0.15, -0.1) is 0 Å². The molecule has 12 heteroatoms. The van der Waals surface area contributed by atoms with Crippen LogP contribution in [0.2, 0.25) is 0 Å². The number of phosphoric acid groups is 1. The molecular weight excluding hydrogens is 497 g/mol. The number of anilines is 2. The molecule has 3 fully saturated rings. The number of benzene rings is 1. The minimum absolute atomic E-state index is 0.00962. The van der Waals surface area contributed by atoms with Gasteiger partial charge >= 0.3 is 7.82 Å². The van der Waals surface area contributed by atoms with Gasteiger partial charge in [0.15, 0.2) is 0 Å². The number of aromatic nitrogens is 2. The van der Waals surface area contributed by atoms with Crippen LogP contribution < -0.4 is 15.5 Å². The summed E-state index contributed by atoms with van der Waals surface area (Å²) in [6.45, 7) is 4.29. The molecule has 0 spiro atoms. The smallest absolute Gasteiger partial charge is 0.392 e. The Morgan fingerprint density at radius 1 is 1.19 bits per heavy atom. The summed E-state index contributed by atoms with van der Waals surface area (Å²) in [6.07, 6.45) is 4.37. The number of piperidine rings is 1. The van der Waals surface area contributed by atoms with Crippen molar-refractivity contribution in [2.75, 3.05) is 23.3 Å². The van der Waals surface area contributed by atoms with Gasteiger partial charge in [0.05, 0.1) is 12.7 Å². The molecule has 1 aromatic heterocycles. The van der Waals surface area contributed by atoms with Crippen molar-refractivity contribution in [2.45, 2.75) is 64.3 Å². The van der Waals surface area contributed by atoms with E-state index in [9.17, 15) is 14.5 Å². The number of phosphoric ester groups is 1. The number of hydrogen-bond acceptors (Lipinski definition) is 8. The SMILES string of the molecule is Cc1cc(CNc2nc(N3CC4CC4C3)ncc2C(=O)N[C@H]2CC[C@H](OP(=O)(O)O)CC2)ccc1CO. The Morgan fingerprint density at radius 2 is 1.92 bits per heavy atom. The van der Waals surface area contributed by atoms with Crippen molar-refractivity contribution >= 4 is 25.5 Å². The molecule has 0 radical (unpaired) electrons. The standard InChI is InChI=1S/C25H34N5O6P/c1-15-8-16(2-3-17(15)14-31)10-26-23-22(11-27-25(29-23)30-12-18-9-19(18)13-30)24(32)28-20-4-6-21(7-5-20)36-37(33,34)35/h2-3,8,11,18-21,31H,4-7,9-10,12-14H2,1H3,(H,28,32)(H,26,27,29)(H2,33,34,35)/t18?,19?,20-,21-. The van der Waals surface area contributed by atoms with E-state index in [4.69, 9.17) is 19.3 Å². The van der Waals surface area contributed by atoms with Crippen molar-refractivity contribution in [3.63, 3.8) is 0 Å². The average molecular weight is 532 g/mol. The van der Waals surface area contributed by atoms with E-state index in [-0.39, 0.29) is 18.6 Å². The van der Waals surface area contributed by atoms with Crippen LogP contribution in [-0.4, -0.2) is 56.0 Å². The highest BCUT2D eigenvalue weighted by Crippen LogP contribution is 2.45. The Balaban J connectivity index is 1.28. The van der Waals surface area contributed by atoms with Crippen LogP contribution in [0.15, 0.2) is 24.4 Å². The first-order chi connectivity index (χ1) is 17.7. The van der Waals surface area contributed by atoms with Gasteiger partial charge < -0.3 is 30.4 Å². The topological polar surface area (TPSA) is 157 Å². The molecule has 1 amide bonds. The van der Waals surface area contributed by atoms with Crippen LogP contribution in [0, 0.1) is 18.8 Å². The molecule has 1 saturated heterocycles. The number of aliphatic hydroxyl groups is 1. The van der Waals surface area contributed by atoms with Crippen molar-refractivity contribution < 1.29 is 28.8 Å². The first-order valence-electron chi connectivity index (χ1n) is 12.8. The van der Waals surface area contributed by atoms with Gasteiger partial charge in [-0.3, -0.25) is 9.32 Å². The summed E-state index contributed by atoms with van der Waals surface area (Å²) in [5.74, 6) is 2.24. The molecule has 1 aliphatic heterocycles. The van der Waals surface area contributed by atoms with Crippen LogP contribution in [0.1, 0.15) is 59.2 Å². The predicted molar refractivity (Wildman–Crippen MR) is 137 cm³/mol. The molecule has 2 aromatic rings. The number of aliphatic hydroxyl groups excluding tert-OH is 1. The van der Waals surface area contributed by atoms with E-state index in [1.165, 1.54) is 6.42 Å². The predicted octanol–water partition coefficient (Wildman–Crippen LogP) is 2.50. The first-order valence-corrected chi connectivity index (χ1v) is 14.3. The lowest BCUT2D eigenvalue weighted by molar-refractivity contribution is 0.0820. The zero-order valence-corrected chi connectivity index (χ0v) is 21.7. The third-order valence-electron chi connectivity index (χ3n) is 7.62. The van der Waals surface area contributed by atoms with Gasteiger partial charge in [-0.05, 0) is 67.6 Å². The van der Waals surface area contributed by atoms with Gasteiger partial charge in [0.2, 0.25) is 5.95 Å². The van der Waals surface area contributed by atoms with Crippen LogP contribution >= 0.6 is 7.82 Å². The fourth-order valence-electron chi connectivity index (χ4n) is 5.39. The molecule has 2 atom stereocenters. The second-order valence-electron chi connectivity index (χ2n) is 10.4. The lowest BCUT2D eigenvalue weighted by Crippen LogP contribution is -2.39. The molecule has 2 aliphatic carbocycles. The fraction of sp³-hybridized carbons (Fsp3) is 0.560. The van der Waals surface area contributed by atoms with Gasteiger partial charge in [-0.25, -0.2) is 9.55 Å². The average Bonchev–Trinajstić information content (AvgIpc) is 3.47. The molecule has 200 valence electrons. The van der Waals surface area contributed by atoms with Crippen molar-refractivity contribution in [2.24, 2.45) is 11.8 Å². The van der Waals surface area contributed by atoms with Gasteiger partial charge in [0.25, 0.3) is 5.91 Å². The maximum atomic E-state index is 13.3. The van der Waals surface area contributed by atoms with Crippen LogP contribution in [0.4, 0.5) is 11.8 Å². The zero-order chi connectivity index (χ0) is 26.2. The van der Waals surface area contributed by atoms with Gasteiger partial charge in [-0.1, -0.05) is 18.2 Å². The van der Waals surface area contributed by atoms with Crippen LogP contribution in [0.5, 0.6) is 0 Å².